The summed E-state index contributed by atoms with van der Waals surface area (Å²) in [6.45, 7) is 6.06. The molecule has 0 aromatic heterocycles. The third-order valence-corrected chi connectivity index (χ3v) is 6.13. The van der Waals surface area contributed by atoms with E-state index in [1.807, 2.05) is 92.7 Å². The zero-order valence-electron chi connectivity index (χ0n) is 20.5. The van der Waals surface area contributed by atoms with Crippen LogP contribution in [0.25, 0.3) is 0 Å². The van der Waals surface area contributed by atoms with Gasteiger partial charge in [-0.2, -0.15) is 0 Å². The van der Waals surface area contributed by atoms with Gasteiger partial charge in [-0.15, -0.1) is 0 Å². The van der Waals surface area contributed by atoms with Crippen LogP contribution >= 0.6 is 15.9 Å². The molecular weight excluding hydrogens is 504 g/mol. The van der Waals surface area contributed by atoms with Gasteiger partial charge in [-0.3, -0.25) is 9.59 Å². The van der Waals surface area contributed by atoms with Crippen molar-refractivity contribution in [2.75, 3.05) is 6.61 Å². The van der Waals surface area contributed by atoms with Crippen LogP contribution in [0.1, 0.15) is 37.5 Å². The minimum absolute atomic E-state index is 0.0445. The van der Waals surface area contributed by atoms with Crippen molar-refractivity contribution in [1.82, 2.24) is 10.2 Å². The molecule has 3 aromatic carbocycles. The van der Waals surface area contributed by atoms with Crippen LogP contribution in [0.2, 0.25) is 0 Å². The van der Waals surface area contributed by atoms with Crippen LogP contribution in [-0.2, 0) is 29.0 Å². The Morgan fingerprint density at radius 2 is 1.60 bits per heavy atom. The van der Waals surface area contributed by atoms with E-state index in [1.165, 1.54) is 5.56 Å². The lowest BCUT2D eigenvalue weighted by atomic mass is 10.0. The highest BCUT2D eigenvalue weighted by molar-refractivity contribution is 9.10. The second kappa shape index (κ2) is 13.1. The molecule has 184 valence electrons. The van der Waals surface area contributed by atoms with Crippen molar-refractivity contribution in [1.29, 1.82) is 0 Å². The van der Waals surface area contributed by atoms with E-state index in [4.69, 9.17) is 4.74 Å². The van der Waals surface area contributed by atoms with E-state index in [1.54, 1.807) is 4.90 Å². The first-order valence-corrected chi connectivity index (χ1v) is 12.7. The third-order valence-electron chi connectivity index (χ3n) is 5.64. The minimum Gasteiger partial charge on any atom is -0.484 e. The molecule has 0 radical (unpaired) electrons. The number of halogens is 1. The van der Waals surface area contributed by atoms with Crippen molar-refractivity contribution in [2.24, 2.45) is 0 Å². The molecule has 0 heterocycles. The van der Waals surface area contributed by atoms with Crippen LogP contribution in [0.3, 0.4) is 0 Å². The first-order chi connectivity index (χ1) is 16.9. The van der Waals surface area contributed by atoms with Crippen LogP contribution in [0, 0.1) is 0 Å². The molecule has 35 heavy (non-hydrogen) atoms. The van der Waals surface area contributed by atoms with Gasteiger partial charge in [0.2, 0.25) is 5.91 Å². The Kier molecular flexibility index (Phi) is 9.91. The van der Waals surface area contributed by atoms with Crippen molar-refractivity contribution >= 4 is 27.7 Å². The Bertz CT molecular complexity index is 1100. The number of hydrogen-bond acceptors (Lipinski definition) is 3. The molecule has 0 fully saturated rings. The quantitative estimate of drug-likeness (QED) is 0.349. The Hall–Kier alpha value is -3.12. The Balaban J connectivity index is 1.88. The van der Waals surface area contributed by atoms with Crippen molar-refractivity contribution in [3.63, 3.8) is 0 Å². The predicted octanol–water partition coefficient (Wildman–Crippen LogP) is 5.56. The maximum atomic E-state index is 13.6. The van der Waals surface area contributed by atoms with Gasteiger partial charge in [-0.05, 0) is 61.2 Å². The summed E-state index contributed by atoms with van der Waals surface area (Å²) in [4.78, 5) is 28.5. The van der Waals surface area contributed by atoms with Gasteiger partial charge in [-0.25, -0.2) is 0 Å². The SMILES string of the molecule is CCc1ccc(OCC(=O)N(Cc2cccc(Br)c2)C(Cc2ccccc2)C(=O)NC(C)C)cc1. The summed E-state index contributed by atoms with van der Waals surface area (Å²) in [5, 5.41) is 3.00. The molecular formula is C29H33BrN2O3. The molecule has 2 amide bonds. The lowest BCUT2D eigenvalue weighted by Crippen LogP contribution is -2.52. The van der Waals surface area contributed by atoms with Crippen molar-refractivity contribution in [3.05, 3.63) is 100 Å². The minimum atomic E-state index is -0.683. The Morgan fingerprint density at radius 3 is 2.23 bits per heavy atom. The maximum absolute atomic E-state index is 13.6. The summed E-state index contributed by atoms with van der Waals surface area (Å²) in [6.07, 6.45) is 1.34. The molecule has 3 rings (SSSR count). The fraction of sp³-hybridized carbons (Fsp3) is 0.310. The number of aryl methyl sites for hydroxylation is 1. The fourth-order valence-electron chi connectivity index (χ4n) is 3.82. The van der Waals surface area contributed by atoms with Gasteiger partial charge in [0.25, 0.3) is 5.91 Å². The molecule has 5 nitrogen and oxygen atoms in total. The van der Waals surface area contributed by atoms with E-state index in [9.17, 15) is 9.59 Å². The standard InChI is InChI=1S/C29H33BrN2O3/c1-4-22-13-15-26(16-14-22)35-20-28(33)32(19-24-11-8-12-25(30)17-24)27(29(34)31-21(2)3)18-23-9-6-5-7-10-23/h5-17,21,27H,4,18-20H2,1-3H3,(H,31,34). The highest BCUT2D eigenvalue weighted by Gasteiger charge is 2.31. The number of nitrogens with one attached hydrogen (secondary N) is 1. The van der Waals surface area contributed by atoms with Crippen molar-refractivity contribution in [3.8, 4) is 5.75 Å². The molecule has 3 aromatic rings. The molecule has 0 aliphatic heterocycles. The maximum Gasteiger partial charge on any atom is 0.261 e. The molecule has 0 aliphatic rings. The van der Waals surface area contributed by atoms with Gasteiger partial charge in [0.05, 0.1) is 0 Å². The molecule has 0 aliphatic carbocycles. The molecule has 0 spiro atoms. The number of nitrogens with zero attached hydrogens (tertiary/aromatic N) is 1. The van der Waals surface area contributed by atoms with Crippen LogP contribution in [0.5, 0.6) is 5.75 Å². The number of benzene rings is 3. The second-order valence-corrected chi connectivity index (χ2v) is 9.72. The van der Waals surface area contributed by atoms with Gasteiger partial charge in [-0.1, -0.05) is 77.5 Å². The molecule has 1 atom stereocenters. The van der Waals surface area contributed by atoms with Gasteiger partial charge in [0.1, 0.15) is 11.8 Å². The Labute approximate surface area is 216 Å². The zero-order chi connectivity index (χ0) is 25.2. The van der Waals surface area contributed by atoms with Crippen LogP contribution in [-0.4, -0.2) is 35.4 Å². The van der Waals surface area contributed by atoms with Crippen molar-refractivity contribution < 1.29 is 14.3 Å². The lowest BCUT2D eigenvalue weighted by Gasteiger charge is -2.32. The van der Waals surface area contributed by atoms with E-state index in [0.29, 0.717) is 18.7 Å². The lowest BCUT2D eigenvalue weighted by molar-refractivity contribution is -0.143. The number of carbonyl (C=O) groups excluding carboxylic acids is 2. The number of carbonyl (C=O) groups is 2. The summed E-state index contributed by atoms with van der Waals surface area (Å²) in [5.74, 6) is 0.202. The van der Waals surface area contributed by atoms with E-state index in [2.05, 4.69) is 28.2 Å². The van der Waals surface area contributed by atoms with Crippen LogP contribution < -0.4 is 10.1 Å². The summed E-state index contributed by atoms with van der Waals surface area (Å²) < 4.78 is 6.76. The number of ether oxygens (including phenoxy) is 1. The monoisotopic (exact) mass is 536 g/mol. The predicted molar refractivity (Wildman–Crippen MR) is 143 cm³/mol. The molecule has 0 saturated heterocycles. The average molecular weight is 537 g/mol. The van der Waals surface area contributed by atoms with Crippen LogP contribution in [0.15, 0.2) is 83.3 Å². The van der Waals surface area contributed by atoms with E-state index >= 15 is 0 Å². The number of amides is 2. The topological polar surface area (TPSA) is 58.6 Å². The van der Waals surface area contributed by atoms with E-state index in [0.717, 1.165) is 22.0 Å². The fourth-order valence-corrected chi connectivity index (χ4v) is 4.26. The highest BCUT2D eigenvalue weighted by Crippen LogP contribution is 2.19. The first-order valence-electron chi connectivity index (χ1n) is 12.0. The molecule has 1 N–H and O–H groups in total. The normalized spacial score (nSPS) is 11.7. The summed E-state index contributed by atoms with van der Waals surface area (Å²) in [7, 11) is 0. The summed E-state index contributed by atoms with van der Waals surface area (Å²) in [6, 6.07) is 24.6. The Morgan fingerprint density at radius 1 is 0.914 bits per heavy atom. The van der Waals surface area contributed by atoms with Crippen LogP contribution in [0.4, 0.5) is 0 Å². The van der Waals surface area contributed by atoms with Gasteiger partial charge < -0.3 is 15.0 Å². The number of hydrogen-bond donors (Lipinski definition) is 1. The molecule has 6 heteroatoms. The molecule has 1 unspecified atom stereocenters. The smallest absolute Gasteiger partial charge is 0.261 e. The van der Waals surface area contributed by atoms with Gasteiger partial charge in [0, 0.05) is 23.5 Å². The second-order valence-electron chi connectivity index (χ2n) is 8.81. The summed E-state index contributed by atoms with van der Waals surface area (Å²) >= 11 is 3.51. The highest BCUT2D eigenvalue weighted by atomic mass is 79.9. The first kappa shape index (κ1) is 26.5. The van der Waals surface area contributed by atoms with Crippen molar-refractivity contribution in [2.45, 2.75) is 52.2 Å². The van der Waals surface area contributed by atoms with E-state index < -0.39 is 6.04 Å². The summed E-state index contributed by atoms with van der Waals surface area (Å²) in [5.41, 5.74) is 3.11. The third kappa shape index (κ3) is 8.25. The average Bonchev–Trinajstić information content (AvgIpc) is 2.85. The van der Waals surface area contributed by atoms with Gasteiger partial charge in [0.15, 0.2) is 6.61 Å². The van der Waals surface area contributed by atoms with Gasteiger partial charge >= 0.3 is 0 Å². The van der Waals surface area contributed by atoms with E-state index in [-0.39, 0.29) is 24.5 Å². The zero-order valence-corrected chi connectivity index (χ0v) is 22.1. The molecule has 0 saturated carbocycles. The molecule has 0 bridgehead atoms. The number of rotatable bonds is 11. The largest absolute Gasteiger partial charge is 0.484 e.